The second-order valence-electron chi connectivity index (χ2n) is 5.28. The average Bonchev–Trinajstić information content (AvgIpc) is 2.60. The zero-order valence-electron chi connectivity index (χ0n) is 13.7. The number of carbonyl (C=O) groups is 1. The summed E-state index contributed by atoms with van der Waals surface area (Å²) in [7, 11) is -3.73. The second kappa shape index (κ2) is 8.69. The summed E-state index contributed by atoms with van der Waals surface area (Å²) in [5, 5.41) is 3.05. The average molecular weight is 379 g/mol. The van der Waals surface area contributed by atoms with Gasteiger partial charge in [-0.3, -0.25) is 9.52 Å². The molecule has 7 heteroatoms. The molecule has 0 aliphatic rings. The highest BCUT2D eigenvalue weighted by atomic mass is 35.5. The summed E-state index contributed by atoms with van der Waals surface area (Å²) in [6, 6.07) is 12.8. The largest absolute Gasteiger partial charge is 0.353 e. The van der Waals surface area contributed by atoms with Crippen molar-refractivity contribution in [1.29, 1.82) is 0 Å². The molecule has 2 N–H and O–H groups in total. The van der Waals surface area contributed by atoms with Crippen molar-refractivity contribution < 1.29 is 13.2 Å². The Labute approximate surface area is 152 Å². The fourth-order valence-electron chi connectivity index (χ4n) is 1.98. The molecule has 0 bridgehead atoms. The topological polar surface area (TPSA) is 75.3 Å². The van der Waals surface area contributed by atoms with Gasteiger partial charge in [0.1, 0.15) is 0 Å². The van der Waals surface area contributed by atoms with Crippen molar-refractivity contribution in [2.75, 3.05) is 11.3 Å². The minimum atomic E-state index is -3.73. The van der Waals surface area contributed by atoms with E-state index in [1.165, 1.54) is 18.2 Å². The van der Waals surface area contributed by atoms with E-state index in [0.29, 0.717) is 17.3 Å². The van der Waals surface area contributed by atoms with Crippen LogP contribution in [0.15, 0.2) is 59.5 Å². The van der Waals surface area contributed by atoms with E-state index in [4.69, 9.17) is 11.6 Å². The first-order valence-corrected chi connectivity index (χ1v) is 9.62. The van der Waals surface area contributed by atoms with E-state index in [9.17, 15) is 13.2 Å². The van der Waals surface area contributed by atoms with Crippen LogP contribution in [-0.4, -0.2) is 20.9 Å². The number of sulfonamides is 1. The normalized spacial score (nSPS) is 11.4. The Hall–Kier alpha value is -2.31. The Morgan fingerprint density at radius 3 is 2.44 bits per heavy atom. The maximum absolute atomic E-state index is 12.4. The van der Waals surface area contributed by atoms with Crippen LogP contribution in [0.5, 0.6) is 0 Å². The monoisotopic (exact) mass is 378 g/mol. The molecule has 0 radical (unpaired) electrons. The third kappa shape index (κ3) is 5.62. The van der Waals surface area contributed by atoms with Crippen LogP contribution in [0.4, 0.5) is 5.69 Å². The minimum Gasteiger partial charge on any atom is -0.353 e. The number of nitrogens with one attached hydrogen (secondary N) is 2. The highest BCUT2D eigenvalue weighted by Gasteiger charge is 2.15. The SMILES string of the molecule is CCCNC(=O)/C=C/c1ccc(S(=O)(=O)Nc2ccccc2Cl)cc1. The lowest BCUT2D eigenvalue weighted by atomic mass is 10.2. The predicted octanol–water partition coefficient (Wildman–Crippen LogP) is 3.68. The first-order chi connectivity index (χ1) is 11.9. The first kappa shape index (κ1) is 19.0. The van der Waals surface area contributed by atoms with Gasteiger partial charge in [-0.1, -0.05) is 42.8 Å². The number of para-hydroxylation sites is 1. The molecule has 2 aromatic carbocycles. The van der Waals surface area contributed by atoms with Crippen molar-refractivity contribution in [3.05, 3.63) is 65.2 Å². The second-order valence-corrected chi connectivity index (χ2v) is 7.37. The van der Waals surface area contributed by atoms with Gasteiger partial charge in [0.15, 0.2) is 0 Å². The summed E-state index contributed by atoms with van der Waals surface area (Å²) < 4.78 is 27.2. The van der Waals surface area contributed by atoms with Crippen LogP contribution in [0, 0.1) is 0 Å². The fraction of sp³-hybridized carbons (Fsp3) is 0.167. The van der Waals surface area contributed by atoms with Gasteiger partial charge in [-0.05, 0) is 42.3 Å². The molecule has 0 saturated carbocycles. The van der Waals surface area contributed by atoms with E-state index in [2.05, 4.69) is 10.0 Å². The van der Waals surface area contributed by atoms with Crippen molar-refractivity contribution in [2.24, 2.45) is 0 Å². The van der Waals surface area contributed by atoms with Crippen LogP contribution < -0.4 is 10.0 Å². The molecular formula is C18H19ClN2O3S. The number of amides is 1. The summed E-state index contributed by atoms with van der Waals surface area (Å²) in [6.45, 7) is 2.59. The molecule has 5 nitrogen and oxygen atoms in total. The van der Waals surface area contributed by atoms with Crippen LogP contribution in [0.3, 0.4) is 0 Å². The number of carbonyl (C=O) groups excluding carboxylic acids is 1. The Morgan fingerprint density at radius 1 is 1.12 bits per heavy atom. The molecule has 2 rings (SSSR count). The third-order valence-electron chi connectivity index (χ3n) is 3.28. The summed E-state index contributed by atoms with van der Waals surface area (Å²) in [6.07, 6.45) is 3.91. The lowest BCUT2D eigenvalue weighted by Crippen LogP contribution is -2.21. The highest BCUT2D eigenvalue weighted by molar-refractivity contribution is 7.92. The molecule has 0 aliphatic carbocycles. The lowest BCUT2D eigenvalue weighted by molar-refractivity contribution is -0.116. The van der Waals surface area contributed by atoms with Crippen molar-refractivity contribution in [1.82, 2.24) is 5.32 Å². The quantitative estimate of drug-likeness (QED) is 0.721. The Morgan fingerprint density at radius 2 is 1.80 bits per heavy atom. The standard InChI is InChI=1S/C18H19ClN2O3S/c1-2-13-20-18(22)12-9-14-7-10-15(11-8-14)25(23,24)21-17-6-4-3-5-16(17)19/h3-12,21H,2,13H2,1H3,(H,20,22)/b12-9+. The molecule has 0 spiro atoms. The van der Waals surface area contributed by atoms with Gasteiger partial charge in [0.25, 0.3) is 10.0 Å². The molecule has 0 atom stereocenters. The van der Waals surface area contributed by atoms with Gasteiger partial charge in [-0.15, -0.1) is 0 Å². The first-order valence-electron chi connectivity index (χ1n) is 7.75. The third-order valence-corrected chi connectivity index (χ3v) is 5.00. The predicted molar refractivity (Wildman–Crippen MR) is 101 cm³/mol. The molecule has 0 unspecified atom stereocenters. The zero-order valence-corrected chi connectivity index (χ0v) is 15.3. The van der Waals surface area contributed by atoms with Gasteiger partial charge in [0.2, 0.25) is 5.91 Å². The smallest absolute Gasteiger partial charge is 0.261 e. The van der Waals surface area contributed by atoms with Crippen molar-refractivity contribution >= 4 is 39.3 Å². The van der Waals surface area contributed by atoms with E-state index in [1.54, 1.807) is 42.5 Å². The van der Waals surface area contributed by atoms with E-state index in [1.807, 2.05) is 6.92 Å². The van der Waals surface area contributed by atoms with Crippen molar-refractivity contribution in [3.8, 4) is 0 Å². The Bertz CT molecular complexity index is 862. The van der Waals surface area contributed by atoms with Crippen molar-refractivity contribution in [2.45, 2.75) is 18.2 Å². The number of benzene rings is 2. The van der Waals surface area contributed by atoms with Crippen LogP contribution in [0.25, 0.3) is 6.08 Å². The van der Waals surface area contributed by atoms with Crippen LogP contribution in [-0.2, 0) is 14.8 Å². The molecule has 2 aromatic rings. The molecule has 1 amide bonds. The number of rotatable bonds is 7. The number of hydrogen-bond acceptors (Lipinski definition) is 3. The summed E-state index contributed by atoms with van der Waals surface area (Å²) in [5.74, 6) is -0.182. The number of hydrogen-bond donors (Lipinski definition) is 2. The molecule has 132 valence electrons. The summed E-state index contributed by atoms with van der Waals surface area (Å²) in [4.78, 5) is 11.6. The summed E-state index contributed by atoms with van der Waals surface area (Å²) >= 11 is 5.98. The van der Waals surface area contributed by atoms with Gasteiger partial charge in [-0.25, -0.2) is 8.42 Å². The number of halogens is 1. The molecule has 0 fully saturated rings. The van der Waals surface area contributed by atoms with Crippen LogP contribution in [0.2, 0.25) is 5.02 Å². The lowest BCUT2D eigenvalue weighted by Gasteiger charge is -2.09. The van der Waals surface area contributed by atoms with E-state index >= 15 is 0 Å². The number of anilines is 1. The fourth-order valence-corrected chi connectivity index (χ4v) is 3.30. The van der Waals surface area contributed by atoms with E-state index in [-0.39, 0.29) is 10.8 Å². The van der Waals surface area contributed by atoms with Gasteiger partial charge in [0, 0.05) is 12.6 Å². The summed E-state index contributed by atoms with van der Waals surface area (Å²) in [5.41, 5.74) is 1.05. The van der Waals surface area contributed by atoms with Gasteiger partial charge in [-0.2, -0.15) is 0 Å². The minimum absolute atomic E-state index is 0.111. The van der Waals surface area contributed by atoms with Crippen LogP contribution in [0.1, 0.15) is 18.9 Å². The van der Waals surface area contributed by atoms with Gasteiger partial charge >= 0.3 is 0 Å². The van der Waals surface area contributed by atoms with Crippen molar-refractivity contribution in [3.63, 3.8) is 0 Å². The molecule has 0 saturated heterocycles. The molecule has 25 heavy (non-hydrogen) atoms. The molecule has 0 heterocycles. The zero-order chi connectivity index (χ0) is 18.3. The van der Waals surface area contributed by atoms with E-state index in [0.717, 1.165) is 12.0 Å². The maximum atomic E-state index is 12.4. The van der Waals surface area contributed by atoms with Gasteiger partial charge < -0.3 is 5.32 Å². The molecule has 0 aromatic heterocycles. The van der Waals surface area contributed by atoms with Crippen LogP contribution >= 0.6 is 11.6 Å². The van der Waals surface area contributed by atoms with Gasteiger partial charge in [0.05, 0.1) is 15.6 Å². The van der Waals surface area contributed by atoms with E-state index < -0.39 is 10.0 Å². The Kier molecular flexibility index (Phi) is 6.61. The molecule has 0 aliphatic heterocycles. The Balaban J connectivity index is 2.09. The maximum Gasteiger partial charge on any atom is 0.261 e. The highest BCUT2D eigenvalue weighted by Crippen LogP contribution is 2.24. The molecular weight excluding hydrogens is 360 g/mol.